The van der Waals surface area contributed by atoms with Crippen molar-refractivity contribution in [2.45, 2.75) is 45.1 Å². The molecule has 0 spiro atoms. The molecule has 7 nitrogen and oxygen atoms in total. The van der Waals surface area contributed by atoms with Crippen LogP contribution in [0.4, 0.5) is 4.79 Å². The van der Waals surface area contributed by atoms with Gasteiger partial charge in [-0.25, -0.2) is 4.79 Å². The topological polar surface area (TPSA) is 90.0 Å². The fraction of sp³-hybridized carbons (Fsp3) is 0.786. The van der Waals surface area contributed by atoms with Gasteiger partial charge in [-0.2, -0.15) is 0 Å². The van der Waals surface area contributed by atoms with Crippen molar-refractivity contribution in [3.8, 4) is 0 Å². The van der Waals surface area contributed by atoms with Gasteiger partial charge in [-0.15, -0.1) is 0 Å². The van der Waals surface area contributed by atoms with Gasteiger partial charge in [-0.3, -0.25) is 9.59 Å². The summed E-state index contributed by atoms with van der Waals surface area (Å²) in [4.78, 5) is 37.8. The lowest BCUT2D eigenvalue weighted by molar-refractivity contribution is -0.138. The van der Waals surface area contributed by atoms with E-state index in [0.29, 0.717) is 19.5 Å². The highest BCUT2D eigenvalue weighted by molar-refractivity contribution is 5.84. The molecule has 1 aliphatic heterocycles. The Hall–Kier alpha value is -1.79. The molecule has 1 atom stereocenters. The lowest BCUT2D eigenvalue weighted by atomic mass is 10.00. The van der Waals surface area contributed by atoms with Gasteiger partial charge in [-0.1, -0.05) is 6.92 Å². The Morgan fingerprint density at radius 3 is 2.67 bits per heavy atom. The van der Waals surface area contributed by atoms with Gasteiger partial charge in [0, 0.05) is 26.2 Å². The van der Waals surface area contributed by atoms with Crippen LogP contribution >= 0.6 is 0 Å². The van der Waals surface area contributed by atoms with Crippen LogP contribution in [0.2, 0.25) is 0 Å². The maximum absolute atomic E-state index is 12.4. The molecule has 0 aromatic carbocycles. The van der Waals surface area contributed by atoms with Gasteiger partial charge in [0.2, 0.25) is 5.91 Å². The first kappa shape index (κ1) is 17.3. The molecule has 1 unspecified atom stereocenters. The number of aliphatic carboxylic acids is 1. The van der Waals surface area contributed by atoms with Crippen LogP contribution in [-0.4, -0.2) is 65.5 Å². The fourth-order valence-electron chi connectivity index (χ4n) is 2.49. The van der Waals surface area contributed by atoms with E-state index in [4.69, 9.17) is 5.11 Å². The molecule has 120 valence electrons. The van der Waals surface area contributed by atoms with Crippen molar-refractivity contribution in [3.05, 3.63) is 0 Å². The number of nitrogens with zero attached hydrogens (tertiary/aromatic N) is 2. The minimum atomic E-state index is -0.900. The number of carboxylic acid groups (broad SMARTS) is 1. The Morgan fingerprint density at radius 2 is 2.05 bits per heavy atom. The normalized spacial score (nSPS) is 18.2. The number of hydrogen-bond acceptors (Lipinski definition) is 3. The number of carboxylic acids is 1. The number of hydrogen-bond donors (Lipinski definition) is 2. The summed E-state index contributed by atoms with van der Waals surface area (Å²) in [5.74, 6) is -1.09. The van der Waals surface area contributed by atoms with E-state index in [1.165, 1.54) is 4.90 Å². The van der Waals surface area contributed by atoms with E-state index >= 15 is 0 Å². The van der Waals surface area contributed by atoms with Gasteiger partial charge in [0.1, 0.15) is 6.54 Å². The molecule has 1 heterocycles. The van der Waals surface area contributed by atoms with Crippen LogP contribution in [0, 0.1) is 0 Å². The lowest BCUT2D eigenvalue weighted by Gasteiger charge is -2.37. The summed E-state index contributed by atoms with van der Waals surface area (Å²) in [7, 11) is 1.57. The largest absolute Gasteiger partial charge is 0.481 e. The summed E-state index contributed by atoms with van der Waals surface area (Å²) in [5.41, 5.74) is 0. The average molecular weight is 299 g/mol. The van der Waals surface area contributed by atoms with Crippen molar-refractivity contribution in [1.29, 1.82) is 0 Å². The number of likely N-dealkylation sites (tertiary alicyclic amines) is 1. The van der Waals surface area contributed by atoms with Crippen molar-refractivity contribution in [2.75, 3.05) is 26.7 Å². The predicted molar refractivity (Wildman–Crippen MR) is 77.9 cm³/mol. The number of amides is 3. The molecule has 1 aliphatic rings. The smallest absolute Gasteiger partial charge is 0.320 e. The van der Waals surface area contributed by atoms with E-state index in [1.807, 2.05) is 6.92 Å². The highest BCUT2D eigenvalue weighted by Gasteiger charge is 2.30. The SMILES string of the molecule is CCCNC(=O)CN(C)C(=O)N1CCCCC1CC(=O)O. The third-order valence-corrected chi connectivity index (χ3v) is 3.56. The number of urea groups is 1. The second-order valence-electron chi connectivity index (χ2n) is 5.43. The molecule has 0 aliphatic carbocycles. The monoisotopic (exact) mass is 299 g/mol. The first-order valence-corrected chi connectivity index (χ1v) is 7.46. The summed E-state index contributed by atoms with van der Waals surface area (Å²) in [6.45, 7) is 3.10. The standard InChI is InChI=1S/C14H25N3O4/c1-3-7-15-12(18)10-16(2)14(21)17-8-5-4-6-11(17)9-13(19)20/h11H,3-10H2,1-2H3,(H,15,18)(H,19,20). The second kappa shape index (κ2) is 8.49. The van der Waals surface area contributed by atoms with E-state index in [9.17, 15) is 14.4 Å². The quantitative estimate of drug-likeness (QED) is 0.762. The molecule has 7 heteroatoms. The third-order valence-electron chi connectivity index (χ3n) is 3.56. The molecule has 2 N–H and O–H groups in total. The average Bonchev–Trinajstić information content (AvgIpc) is 2.44. The molecule has 0 saturated carbocycles. The first-order valence-electron chi connectivity index (χ1n) is 7.46. The predicted octanol–water partition coefficient (Wildman–Crippen LogP) is 0.894. The summed E-state index contributed by atoms with van der Waals surface area (Å²) < 4.78 is 0. The van der Waals surface area contributed by atoms with Gasteiger partial charge >= 0.3 is 12.0 Å². The number of carbonyl (C=O) groups is 3. The van der Waals surface area contributed by atoms with Crippen LogP contribution < -0.4 is 5.32 Å². The molecule has 3 amide bonds. The minimum absolute atomic E-state index is 0.00484. The van der Waals surface area contributed by atoms with Crippen molar-refractivity contribution < 1.29 is 19.5 Å². The molecule has 0 radical (unpaired) electrons. The van der Waals surface area contributed by atoms with Gasteiger partial charge in [0.25, 0.3) is 0 Å². The summed E-state index contributed by atoms with van der Waals surface area (Å²) in [6, 6.07) is -0.544. The van der Waals surface area contributed by atoms with Gasteiger partial charge < -0.3 is 20.2 Å². The zero-order valence-electron chi connectivity index (χ0n) is 12.8. The molecular weight excluding hydrogens is 274 g/mol. The minimum Gasteiger partial charge on any atom is -0.481 e. The molecule has 0 aromatic heterocycles. The van der Waals surface area contributed by atoms with Crippen LogP contribution in [0.5, 0.6) is 0 Å². The summed E-state index contributed by atoms with van der Waals surface area (Å²) in [6.07, 6.45) is 3.31. The molecule has 0 bridgehead atoms. The second-order valence-corrected chi connectivity index (χ2v) is 5.43. The van der Waals surface area contributed by atoms with Gasteiger partial charge in [-0.05, 0) is 25.7 Å². The number of nitrogens with one attached hydrogen (secondary N) is 1. The van der Waals surface area contributed by atoms with Crippen LogP contribution in [-0.2, 0) is 9.59 Å². The Morgan fingerprint density at radius 1 is 1.33 bits per heavy atom. The van der Waals surface area contributed by atoms with Crippen LogP contribution in [0.25, 0.3) is 0 Å². The number of rotatable bonds is 6. The zero-order chi connectivity index (χ0) is 15.8. The highest BCUT2D eigenvalue weighted by Crippen LogP contribution is 2.20. The van der Waals surface area contributed by atoms with Gasteiger partial charge in [0.15, 0.2) is 0 Å². The van der Waals surface area contributed by atoms with Crippen LogP contribution in [0.15, 0.2) is 0 Å². The Balaban J connectivity index is 2.57. The fourth-order valence-corrected chi connectivity index (χ4v) is 2.49. The molecule has 1 fully saturated rings. The van der Waals surface area contributed by atoms with Crippen LogP contribution in [0.3, 0.4) is 0 Å². The van der Waals surface area contributed by atoms with E-state index < -0.39 is 5.97 Å². The molecule has 1 saturated heterocycles. The number of likely N-dealkylation sites (N-methyl/N-ethyl adjacent to an activating group) is 1. The van der Waals surface area contributed by atoms with Gasteiger partial charge in [0.05, 0.1) is 6.42 Å². The molecule has 0 aromatic rings. The van der Waals surface area contributed by atoms with Crippen molar-refractivity contribution >= 4 is 17.9 Å². The zero-order valence-corrected chi connectivity index (χ0v) is 12.8. The van der Waals surface area contributed by atoms with Crippen molar-refractivity contribution in [1.82, 2.24) is 15.1 Å². The third kappa shape index (κ3) is 5.61. The maximum Gasteiger partial charge on any atom is 0.320 e. The number of carbonyl (C=O) groups excluding carboxylic acids is 2. The molecular formula is C14H25N3O4. The lowest BCUT2D eigenvalue weighted by Crippen LogP contribution is -2.51. The van der Waals surface area contributed by atoms with Crippen LogP contribution in [0.1, 0.15) is 39.0 Å². The van der Waals surface area contributed by atoms with E-state index in [-0.39, 0.29) is 30.9 Å². The summed E-state index contributed by atoms with van der Waals surface area (Å²) in [5, 5.41) is 11.6. The van der Waals surface area contributed by atoms with E-state index in [1.54, 1.807) is 11.9 Å². The summed E-state index contributed by atoms with van der Waals surface area (Å²) >= 11 is 0. The van der Waals surface area contributed by atoms with Crippen molar-refractivity contribution in [2.24, 2.45) is 0 Å². The highest BCUT2D eigenvalue weighted by atomic mass is 16.4. The van der Waals surface area contributed by atoms with E-state index in [0.717, 1.165) is 19.3 Å². The molecule has 21 heavy (non-hydrogen) atoms. The van der Waals surface area contributed by atoms with E-state index in [2.05, 4.69) is 5.32 Å². The number of piperidine rings is 1. The Kier molecular flexibility index (Phi) is 6.98. The first-order chi connectivity index (χ1) is 9.95. The Labute approximate surface area is 125 Å². The maximum atomic E-state index is 12.4. The Bertz CT molecular complexity index is 386. The van der Waals surface area contributed by atoms with Crippen molar-refractivity contribution in [3.63, 3.8) is 0 Å². The molecule has 1 rings (SSSR count).